The summed E-state index contributed by atoms with van der Waals surface area (Å²) in [5.41, 5.74) is -1.33. The Morgan fingerprint density at radius 3 is 2.07 bits per heavy atom. The van der Waals surface area contributed by atoms with Crippen LogP contribution in [0.1, 0.15) is 25.7 Å². The highest BCUT2D eigenvalue weighted by molar-refractivity contribution is 7.91. The fraction of sp³-hybridized carbons (Fsp3) is 0.381. The molecule has 8 heteroatoms. The molecule has 154 valence electrons. The fourth-order valence-electron chi connectivity index (χ4n) is 4.19. The van der Waals surface area contributed by atoms with Gasteiger partial charge in [0, 0.05) is 0 Å². The number of halogens is 1. The van der Waals surface area contributed by atoms with Gasteiger partial charge in [-0.25, -0.2) is 12.8 Å². The number of aliphatic carboxylic acids is 1. The zero-order valence-corrected chi connectivity index (χ0v) is 16.4. The maximum absolute atomic E-state index is 13.0. The smallest absolute Gasteiger partial charge is 0.310 e. The minimum Gasteiger partial charge on any atom is -0.481 e. The topological polar surface area (TPSA) is 89.9 Å². The number of rotatable bonds is 6. The largest absolute Gasteiger partial charge is 0.481 e. The third-order valence-electron chi connectivity index (χ3n) is 5.58. The lowest BCUT2D eigenvalue weighted by molar-refractivity contribution is -0.157. The second-order valence-corrected chi connectivity index (χ2v) is 9.73. The van der Waals surface area contributed by atoms with Gasteiger partial charge in [0.2, 0.25) is 0 Å². The Bertz CT molecular complexity index is 988. The molecule has 2 aromatic carbocycles. The van der Waals surface area contributed by atoms with E-state index in [2.05, 4.69) is 0 Å². The van der Waals surface area contributed by atoms with Gasteiger partial charge in [-0.3, -0.25) is 4.79 Å². The molecular formula is C21H21FO6S. The van der Waals surface area contributed by atoms with Gasteiger partial charge >= 0.3 is 5.97 Å². The van der Waals surface area contributed by atoms with Crippen molar-refractivity contribution in [3.05, 3.63) is 54.3 Å². The minimum atomic E-state index is -3.82. The Labute approximate surface area is 168 Å². The van der Waals surface area contributed by atoms with Crippen LogP contribution in [-0.4, -0.2) is 37.5 Å². The molecule has 4 rings (SSSR count). The van der Waals surface area contributed by atoms with E-state index in [-0.39, 0.29) is 35.8 Å². The van der Waals surface area contributed by atoms with E-state index in [0.29, 0.717) is 11.5 Å². The van der Waals surface area contributed by atoms with Crippen LogP contribution >= 0.6 is 0 Å². The molecular weight excluding hydrogens is 399 g/mol. The lowest BCUT2D eigenvalue weighted by atomic mass is 9.79. The Morgan fingerprint density at radius 2 is 1.55 bits per heavy atom. The van der Waals surface area contributed by atoms with Crippen LogP contribution in [0.15, 0.2) is 53.4 Å². The molecule has 0 saturated carbocycles. The monoisotopic (exact) mass is 420 g/mol. The predicted molar refractivity (Wildman–Crippen MR) is 102 cm³/mol. The molecule has 0 spiro atoms. The number of hydrogen-bond acceptors (Lipinski definition) is 5. The zero-order chi connectivity index (χ0) is 20.6. The first kappa shape index (κ1) is 19.8. The van der Waals surface area contributed by atoms with Gasteiger partial charge in [0.15, 0.2) is 9.84 Å². The van der Waals surface area contributed by atoms with Crippen LogP contribution in [0.5, 0.6) is 11.5 Å². The molecule has 2 aromatic rings. The van der Waals surface area contributed by atoms with Crippen molar-refractivity contribution in [2.75, 3.05) is 5.75 Å². The van der Waals surface area contributed by atoms with Crippen molar-refractivity contribution in [2.45, 2.75) is 42.8 Å². The molecule has 2 aliphatic rings. The Hall–Kier alpha value is -2.45. The van der Waals surface area contributed by atoms with Gasteiger partial charge in [-0.2, -0.15) is 0 Å². The van der Waals surface area contributed by atoms with Crippen molar-refractivity contribution in [1.29, 1.82) is 0 Å². The van der Waals surface area contributed by atoms with E-state index in [0.717, 1.165) is 12.8 Å². The molecule has 2 fully saturated rings. The van der Waals surface area contributed by atoms with Crippen molar-refractivity contribution in [3.8, 4) is 11.5 Å². The summed E-state index contributed by atoms with van der Waals surface area (Å²) in [5, 5.41) is 9.82. The lowest BCUT2D eigenvalue weighted by Crippen LogP contribution is -2.46. The summed E-state index contributed by atoms with van der Waals surface area (Å²) in [6.45, 7) is 0. The Kier molecular flexibility index (Phi) is 5.08. The average molecular weight is 420 g/mol. The molecule has 0 amide bonds. The number of ether oxygens (including phenoxy) is 2. The Balaban J connectivity index is 1.52. The van der Waals surface area contributed by atoms with Gasteiger partial charge in [-0.05, 0) is 74.2 Å². The van der Waals surface area contributed by atoms with Crippen LogP contribution in [0.25, 0.3) is 0 Å². The minimum absolute atomic E-state index is 0.0448. The van der Waals surface area contributed by atoms with E-state index in [1.54, 1.807) is 0 Å². The highest BCUT2D eigenvalue weighted by atomic mass is 32.2. The standard InChI is InChI=1S/C21H21FO6S/c22-14-1-3-15(4-2-14)27-16-7-9-19(10-8-16)29(25,26)13-21(20(23)24)11-17-5-6-18(12-21)28-17/h1-4,7-10,17-18H,5-6,11-13H2,(H,23,24). The number of benzene rings is 2. The summed E-state index contributed by atoms with van der Waals surface area (Å²) in [7, 11) is -3.82. The van der Waals surface area contributed by atoms with Crippen LogP contribution in [0.2, 0.25) is 0 Å². The van der Waals surface area contributed by atoms with Crippen LogP contribution in [0.3, 0.4) is 0 Å². The van der Waals surface area contributed by atoms with E-state index in [1.165, 1.54) is 48.5 Å². The molecule has 2 unspecified atom stereocenters. The maximum atomic E-state index is 13.0. The number of carboxylic acid groups (broad SMARTS) is 1. The second kappa shape index (κ2) is 7.42. The predicted octanol–water partition coefficient (Wildman–Crippen LogP) is 3.80. The summed E-state index contributed by atoms with van der Waals surface area (Å²) in [6, 6.07) is 11.3. The molecule has 6 nitrogen and oxygen atoms in total. The molecule has 2 atom stereocenters. The van der Waals surface area contributed by atoms with Crippen LogP contribution in [-0.2, 0) is 19.4 Å². The van der Waals surface area contributed by atoms with Gasteiger partial charge < -0.3 is 14.6 Å². The number of sulfone groups is 1. The van der Waals surface area contributed by atoms with Gasteiger partial charge in [0.25, 0.3) is 0 Å². The summed E-state index contributed by atoms with van der Waals surface area (Å²) in [5.74, 6) is -1.11. The third-order valence-corrected chi connectivity index (χ3v) is 7.51. The molecule has 1 N–H and O–H groups in total. The quantitative estimate of drug-likeness (QED) is 0.765. The van der Waals surface area contributed by atoms with Crippen molar-refractivity contribution >= 4 is 15.8 Å². The summed E-state index contributed by atoms with van der Waals surface area (Å²) >= 11 is 0. The lowest BCUT2D eigenvalue weighted by Gasteiger charge is -2.36. The molecule has 0 aliphatic carbocycles. The highest BCUT2D eigenvalue weighted by Gasteiger charge is 2.52. The van der Waals surface area contributed by atoms with Crippen molar-refractivity contribution in [2.24, 2.45) is 5.41 Å². The maximum Gasteiger partial charge on any atom is 0.310 e. The first-order valence-corrected chi connectivity index (χ1v) is 11.1. The van der Waals surface area contributed by atoms with E-state index >= 15 is 0 Å². The second-order valence-electron chi connectivity index (χ2n) is 7.74. The fourth-order valence-corrected chi connectivity index (χ4v) is 5.99. The zero-order valence-electron chi connectivity index (χ0n) is 15.6. The molecule has 0 radical (unpaired) electrons. The highest BCUT2D eigenvalue weighted by Crippen LogP contribution is 2.45. The van der Waals surface area contributed by atoms with Crippen LogP contribution < -0.4 is 4.74 Å². The molecule has 2 bridgehead atoms. The van der Waals surface area contributed by atoms with E-state index < -0.39 is 27.0 Å². The normalized spacial score (nSPS) is 26.2. The number of carbonyl (C=O) groups is 1. The van der Waals surface area contributed by atoms with Gasteiger partial charge in [-0.1, -0.05) is 0 Å². The summed E-state index contributed by atoms with van der Waals surface area (Å²) in [6.07, 6.45) is 1.59. The number of fused-ring (bicyclic) bond motifs is 2. The van der Waals surface area contributed by atoms with Gasteiger partial charge in [-0.15, -0.1) is 0 Å². The molecule has 2 aliphatic heterocycles. The van der Waals surface area contributed by atoms with E-state index in [9.17, 15) is 22.7 Å². The Morgan fingerprint density at radius 1 is 1.03 bits per heavy atom. The van der Waals surface area contributed by atoms with Crippen molar-refractivity contribution in [1.82, 2.24) is 0 Å². The van der Waals surface area contributed by atoms with E-state index in [4.69, 9.17) is 9.47 Å². The first-order valence-electron chi connectivity index (χ1n) is 9.41. The van der Waals surface area contributed by atoms with Crippen LogP contribution in [0, 0.1) is 11.2 Å². The number of hydrogen-bond donors (Lipinski definition) is 1. The number of carboxylic acids is 1. The van der Waals surface area contributed by atoms with Crippen molar-refractivity contribution < 1.29 is 32.2 Å². The van der Waals surface area contributed by atoms with Crippen LogP contribution in [0.4, 0.5) is 4.39 Å². The van der Waals surface area contributed by atoms with Gasteiger partial charge in [0.1, 0.15) is 17.3 Å². The summed E-state index contributed by atoms with van der Waals surface area (Å²) in [4.78, 5) is 12.1. The molecule has 29 heavy (non-hydrogen) atoms. The molecule has 2 saturated heterocycles. The summed E-state index contributed by atoms with van der Waals surface area (Å²) < 4.78 is 50.2. The van der Waals surface area contributed by atoms with E-state index in [1.807, 2.05) is 0 Å². The van der Waals surface area contributed by atoms with Gasteiger partial charge in [0.05, 0.1) is 28.3 Å². The average Bonchev–Trinajstić information content (AvgIpc) is 3.02. The SMILES string of the molecule is O=C(O)C1(CS(=O)(=O)c2ccc(Oc3ccc(F)cc3)cc2)CC2CCC(C1)O2. The first-order chi connectivity index (χ1) is 13.8. The third kappa shape index (κ3) is 4.13. The molecule has 2 heterocycles. The molecule has 0 aromatic heterocycles. The van der Waals surface area contributed by atoms with Crippen molar-refractivity contribution in [3.63, 3.8) is 0 Å².